The molecular weight excluding hydrogens is 262 g/mol. The van der Waals surface area contributed by atoms with Crippen LogP contribution in [0.25, 0.3) is 0 Å². The van der Waals surface area contributed by atoms with Crippen molar-refractivity contribution in [2.45, 2.75) is 35.8 Å². The number of nitrogens with two attached hydrogens (primary N) is 1. The third kappa shape index (κ3) is 2.85. The average Bonchev–Trinajstić information content (AvgIpc) is 2.15. The van der Waals surface area contributed by atoms with E-state index in [2.05, 4.69) is 0 Å². The van der Waals surface area contributed by atoms with Crippen molar-refractivity contribution in [1.82, 2.24) is 0 Å². The van der Waals surface area contributed by atoms with Crippen LogP contribution in [0.5, 0.6) is 0 Å². The summed E-state index contributed by atoms with van der Waals surface area (Å²) in [5.74, 6) is 0. The van der Waals surface area contributed by atoms with E-state index in [1.54, 1.807) is 13.8 Å². The highest BCUT2D eigenvalue weighted by molar-refractivity contribution is 7.92. The lowest BCUT2D eigenvalue weighted by Gasteiger charge is -2.10. The third-order valence-corrected chi connectivity index (χ3v) is 5.63. The lowest BCUT2D eigenvalue weighted by molar-refractivity contribution is 0.586. The molecule has 1 aromatic rings. The van der Waals surface area contributed by atoms with Crippen molar-refractivity contribution in [3.8, 4) is 0 Å². The largest absolute Gasteiger partial charge is 0.238 e. The van der Waals surface area contributed by atoms with Gasteiger partial charge >= 0.3 is 0 Å². The number of hydrogen-bond acceptors (Lipinski definition) is 4. The van der Waals surface area contributed by atoms with Crippen LogP contribution in [0.2, 0.25) is 0 Å². The Morgan fingerprint density at radius 1 is 1.12 bits per heavy atom. The Kier molecular flexibility index (Phi) is 3.66. The van der Waals surface area contributed by atoms with Crippen LogP contribution in [-0.2, 0) is 19.9 Å². The van der Waals surface area contributed by atoms with Gasteiger partial charge in [-0.3, -0.25) is 0 Å². The molecule has 2 N–H and O–H groups in total. The highest BCUT2D eigenvalue weighted by atomic mass is 32.2. The van der Waals surface area contributed by atoms with Crippen LogP contribution in [0, 0.1) is 6.92 Å². The molecule has 0 radical (unpaired) electrons. The highest BCUT2D eigenvalue weighted by Crippen LogP contribution is 2.21. The second-order valence-electron chi connectivity index (χ2n) is 4.07. The maximum atomic E-state index is 11.9. The molecule has 96 valence electrons. The van der Waals surface area contributed by atoms with Gasteiger partial charge in [-0.25, -0.2) is 22.0 Å². The molecule has 7 heteroatoms. The molecule has 0 atom stereocenters. The van der Waals surface area contributed by atoms with E-state index in [-0.39, 0.29) is 9.79 Å². The predicted octanol–water partition coefficient (Wildman–Crippen LogP) is 0.825. The van der Waals surface area contributed by atoms with Crippen molar-refractivity contribution >= 4 is 19.9 Å². The van der Waals surface area contributed by atoms with Crippen LogP contribution in [0.3, 0.4) is 0 Å². The molecule has 0 fully saturated rings. The van der Waals surface area contributed by atoms with Gasteiger partial charge in [-0.1, -0.05) is 0 Å². The molecule has 5 nitrogen and oxygen atoms in total. The summed E-state index contributed by atoms with van der Waals surface area (Å²) in [6.45, 7) is 4.65. The molecule has 0 unspecified atom stereocenters. The number of aryl methyl sites for hydroxylation is 1. The van der Waals surface area contributed by atoms with E-state index in [1.807, 2.05) is 0 Å². The molecule has 0 amide bonds. The summed E-state index contributed by atoms with van der Waals surface area (Å²) in [6, 6.07) is 3.82. The van der Waals surface area contributed by atoms with Gasteiger partial charge in [0.25, 0.3) is 0 Å². The smallest absolute Gasteiger partial charge is 0.225 e. The molecule has 0 saturated carbocycles. The molecule has 0 spiro atoms. The SMILES string of the molecule is Cc1cc(S(=O)(=O)C(C)C)ccc1S(N)(=O)=O. The van der Waals surface area contributed by atoms with E-state index < -0.39 is 25.1 Å². The fourth-order valence-corrected chi connectivity index (χ4v) is 3.30. The summed E-state index contributed by atoms with van der Waals surface area (Å²) in [5, 5.41) is 4.45. The molecule has 0 heterocycles. The number of sulfone groups is 1. The Morgan fingerprint density at radius 3 is 2.00 bits per heavy atom. The lowest BCUT2D eigenvalue weighted by Crippen LogP contribution is -2.16. The third-order valence-electron chi connectivity index (χ3n) is 2.40. The topological polar surface area (TPSA) is 94.3 Å². The molecule has 0 bridgehead atoms. The molecule has 0 aromatic heterocycles. The zero-order valence-corrected chi connectivity index (χ0v) is 11.5. The van der Waals surface area contributed by atoms with Gasteiger partial charge in [0.2, 0.25) is 10.0 Å². The minimum atomic E-state index is -3.81. The summed E-state index contributed by atoms with van der Waals surface area (Å²) in [6.07, 6.45) is 0. The maximum absolute atomic E-state index is 11.9. The summed E-state index contributed by atoms with van der Waals surface area (Å²) < 4.78 is 46.1. The normalized spacial score (nSPS) is 13.0. The lowest BCUT2D eigenvalue weighted by atomic mass is 10.2. The monoisotopic (exact) mass is 277 g/mol. The summed E-state index contributed by atoms with van der Waals surface area (Å²) >= 11 is 0. The van der Waals surface area contributed by atoms with E-state index in [0.717, 1.165) is 0 Å². The second kappa shape index (κ2) is 4.40. The van der Waals surface area contributed by atoms with Gasteiger partial charge in [-0.05, 0) is 44.5 Å². The molecule has 1 aromatic carbocycles. The van der Waals surface area contributed by atoms with E-state index in [1.165, 1.54) is 25.1 Å². The van der Waals surface area contributed by atoms with Crippen LogP contribution in [-0.4, -0.2) is 22.1 Å². The molecule has 17 heavy (non-hydrogen) atoms. The van der Waals surface area contributed by atoms with Gasteiger partial charge in [-0.2, -0.15) is 0 Å². The van der Waals surface area contributed by atoms with Gasteiger partial charge in [0.1, 0.15) is 0 Å². The van der Waals surface area contributed by atoms with Crippen LogP contribution >= 0.6 is 0 Å². The molecule has 0 saturated heterocycles. The first-order valence-electron chi connectivity index (χ1n) is 4.94. The van der Waals surface area contributed by atoms with Crippen molar-refractivity contribution in [2.24, 2.45) is 5.14 Å². The number of rotatable bonds is 3. The van der Waals surface area contributed by atoms with Crippen LogP contribution in [0.4, 0.5) is 0 Å². The van der Waals surface area contributed by atoms with Crippen LogP contribution in [0.15, 0.2) is 28.0 Å². The number of sulfonamides is 1. The number of benzene rings is 1. The first kappa shape index (κ1) is 14.1. The van der Waals surface area contributed by atoms with Crippen molar-refractivity contribution in [3.63, 3.8) is 0 Å². The second-order valence-corrected chi connectivity index (χ2v) is 8.10. The molecule has 0 aliphatic carbocycles. The van der Waals surface area contributed by atoms with Crippen molar-refractivity contribution in [1.29, 1.82) is 0 Å². The summed E-state index contributed by atoms with van der Waals surface area (Å²) in [7, 11) is -7.21. The number of primary sulfonamides is 1. The van der Waals surface area contributed by atoms with E-state index in [4.69, 9.17) is 5.14 Å². The quantitative estimate of drug-likeness (QED) is 0.885. The van der Waals surface area contributed by atoms with Gasteiger partial charge in [-0.15, -0.1) is 0 Å². The predicted molar refractivity (Wildman–Crippen MR) is 64.9 cm³/mol. The zero-order valence-electron chi connectivity index (χ0n) is 9.84. The van der Waals surface area contributed by atoms with Gasteiger partial charge in [0.05, 0.1) is 15.0 Å². The summed E-state index contributed by atoms with van der Waals surface area (Å²) in [5.41, 5.74) is 0.328. The van der Waals surface area contributed by atoms with E-state index in [9.17, 15) is 16.8 Å². The fraction of sp³-hybridized carbons (Fsp3) is 0.400. The van der Waals surface area contributed by atoms with Crippen molar-refractivity contribution in [2.75, 3.05) is 0 Å². The first-order chi connectivity index (χ1) is 7.56. The minimum Gasteiger partial charge on any atom is -0.225 e. The Bertz CT molecular complexity index is 630. The maximum Gasteiger partial charge on any atom is 0.238 e. The van der Waals surface area contributed by atoms with Crippen molar-refractivity contribution in [3.05, 3.63) is 23.8 Å². The fourth-order valence-electron chi connectivity index (χ4n) is 1.39. The standard InChI is InChI=1S/C10H15NO4S2/c1-7(2)16(12,13)9-4-5-10(8(3)6-9)17(11,14)15/h4-7H,1-3H3,(H2,11,14,15). The molecule has 0 aliphatic heterocycles. The molecule has 0 aliphatic rings. The molecule has 1 rings (SSSR count). The minimum absolute atomic E-state index is 0.0554. The Morgan fingerprint density at radius 2 is 1.65 bits per heavy atom. The van der Waals surface area contributed by atoms with Crippen LogP contribution < -0.4 is 5.14 Å². The number of hydrogen-bond donors (Lipinski definition) is 1. The van der Waals surface area contributed by atoms with Crippen molar-refractivity contribution < 1.29 is 16.8 Å². The van der Waals surface area contributed by atoms with Crippen LogP contribution in [0.1, 0.15) is 19.4 Å². The van der Waals surface area contributed by atoms with Gasteiger partial charge in [0.15, 0.2) is 9.84 Å². The summed E-state index contributed by atoms with van der Waals surface area (Å²) in [4.78, 5) is 0.0533. The van der Waals surface area contributed by atoms with Gasteiger partial charge < -0.3 is 0 Å². The average molecular weight is 277 g/mol. The first-order valence-corrected chi connectivity index (χ1v) is 8.03. The van der Waals surface area contributed by atoms with Gasteiger partial charge in [0, 0.05) is 0 Å². The Balaban J connectivity index is 3.43. The van der Waals surface area contributed by atoms with E-state index in [0.29, 0.717) is 5.56 Å². The Hall–Kier alpha value is -0.920. The van der Waals surface area contributed by atoms with E-state index >= 15 is 0 Å². The Labute approximate surface area is 102 Å². The highest BCUT2D eigenvalue weighted by Gasteiger charge is 2.21. The zero-order chi connectivity index (χ0) is 13.4. The molecular formula is C10H15NO4S2.